The van der Waals surface area contributed by atoms with E-state index in [4.69, 9.17) is 4.74 Å². The van der Waals surface area contributed by atoms with Gasteiger partial charge in [0.15, 0.2) is 5.41 Å². The van der Waals surface area contributed by atoms with Gasteiger partial charge in [0.05, 0.1) is 7.11 Å². The van der Waals surface area contributed by atoms with E-state index in [-0.39, 0.29) is 6.42 Å². The molecule has 1 aromatic rings. The van der Waals surface area contributed by atoms with Crippen molar-refractivity contribution < 1.29 is 19.1 Å². The van der Waals surface area contributed by atoms with Gasteiger partial charge in [-0.25, -0.2) is 4.79 Å². The van der Waals surface area contributed by atoms with Gasteiger partial charge >= 0.3 is 12.0 Å². The largest absolute Gasteiger partial charge is 0.468 e. The zero-order valence-corrected chi connectivity index (χ0v) is 11.7. The Morgan fingerprint density at radius 2 is 1.80 bits per heavy atom. The Kier molecular flexibility index (Phi) is 5.25. The highest BCUT2D eigenvalue weighted by Gasteiger charge is 2.47. The molecule has 3 amide bonds. The van der Waals surface area contributed by atoms with Crippen molar-refractivity contribution >= 4 is 17.9 Å². The minimum atomic E-state index is -1.54. The molecule has 2 N–H and O–H groups in total. The zero-order valence-electron chi connectivity index (χ0n) is 11.7. The Morgan fingerprint density at radius 1 is 1.20 bits per heavy atom. The van der Waals surface area contributed by atoms with E-state index in [9.17, 15) is 14.4 Å². The summed E-state index contributed by atoms with van der Waals surface area (Å²) in [6.07, 6.45) is 0.173. The van der Waals surface area contributed by atoms with Crippen molar-refractivity contribution in [2.24, 2.45) is 0 Å². The number of carbonyl (C=O) groups excluding carboxylic acids is 3. The van der Waals surface area contributed by atoms with Crippen LogP contribution < -0.4 is 10.6 Å². The van der Waals surface area contributed by atoms with Gasteiger partial charge in [-0.15, -0.1) is 0 Å². The second-order valence-electron chi connectivity index (χ2n) is 4.15. The van der Waals surface area contributed by atoms with Crippen LogP contribution in [0.15, 0.2) is 30.3 Å². The predicted octanol–water partition coefficient (Wildman–Crippen LogP) is 0.963. The van der Waals surface area contributed by atoms with Crippen LogP contribution in [0.2, 0.25) is 0 Å². The Labute approximate surface area is 117 Å². The van der Waals surface area contributed by atoms with E-state index in [0.29, 0.717) is 5.56 Å². The van der Waals surface area contributed by atoms with Crippen molar-refractivity contribution in [1.82, 2.24) is 10.6 Å². The summed E-state index contributed by atoms with van der Waals surface area (Å²) in [5, 5.41) is 4.42. The van der Waals surface area contributed by atoms with Gasteiger partial charge in [-0.05, 0) is 12.0 Å². The summed E-state index contributed by atoms with van der Waals surface area (Å²) < 4.78 is 4.77. The lowest BCUT2D eigenvalue weighted by atomic mass is 9.77. The van der Waals surface area contributed by atoms with Crippen molar-refractivity contribution in [2.45, 2.75) is 18.8 Å². The third kappa shape index (κ3) is 2.79. The molecule has 6 nitrogen and oxygen atoms in total. The molecule has 0 bridgehead atoms. The molecule has 0 aromatic heterocycles. The monoisotopic (exact) mass is 278 g/mol. The minimum absolute atomic E-state index is 0.173. The fourth-order valence-corrected chi connectivity index (χ4v) is 2.02. The first-order valence-electron chi connectivity index (χ1n) is 6.20. The van der Waals surface area contributed by atoms with Crippen LogP contribution in [0.1, 0.15) is 18.9 Å². The lowest BCUT2D eigenvalue weighted by Gasteiger charge is -2.28. The van der Waals surface area contributed by atoms with Crippen LogP contribution >= 0.6 is 0 Å². The Morgan fingerprint density at radius 3 is 2.25 bits per heavy atom. The lowest BCUT2D eigenvalue weighted by molar-refractivity contribution is -0.152. The average molecular weight is 278 g/mol. The van der Waals surface area contributed by atoms with E-state index in [0.717, 1.165) is 0 Å². The van der Waals surface area contributed by atoms with Gasteiger partial charge in [0.1, 0.15) is 0 Å². The van der Waals surface area contributed by atoms with Crippen molar-refractivity contribution in [2.75, 3.05) is 14.2 Å². The van der Waals surface area contributed by atoms with Crippen LogP contribution in [0.5, 0.6) is 0 Å². The third-order valence-corrected chi connectivity index (χ3v) is 3.17. The van der Waals surface area contributed by atoms with Gasteiger partial charge in [-0.3, -0.25) is 14.9 Å². The van der Waals surface area contributed by atoms with E-state index in [1.807, 2.05) is 0 Å². The number of carbonyl (C=O) groups is 3. The number of methoxy groups -OCH3 is 1. The molecule has 1 aromatic carbocycles. The fraction of sp³-hybridized carbons (Fsp3) is 0.357. The van der Waals surface area contributed by atoms with E-state index in [2.05, 4.69) is 10.6 Å². The summed E-state index contributed by atoms with van der Waals surface area (Å²) in [6, 6.07) is 7.85. The van der Waals surface area contributed by atoms with Gasteiger partial charge in [-0.1, -0.05) is 37.3 Å². The quantitative estimate of drug-likeness (QED) is 0.634. The predicted molar refractivity (Wildman–Crippen MR) is 73.0 cm³/mol. The molecular formula is C14H18N2O4. The van der Waals surface area contributed by atoms with Crippen LogP contribution in [0, 0.1) is 0 Å². The summed E-state index contributed by atoms with van der Waals surface area (Å²) in [5.41, 5.74) is -1.06. The van der Waals surface area contributed by atoms with Gasteiger partial charge in [-0.2, -0.15) is 0 Å². The minimum Gasteiger partial charge on any atom is -0.468 e. The molecule has 0 aliphatic heterocycles. The highest BCUT2D eigenvalue weighted by Crippen LogP contribution is 2.30. The van der Waals surface area contributed by atoms with Crippen LogP contribution in [0.25, 0.3) is 0 Å². The van der Waals surface area contributed by atoms with E-state index in [1.165, 1.54) is 14.2 Å². The second-order valence-corrected chi connectivity index (χ2v) is 4.15. The Hall–Kier alpha value is -2.37. The van der Waals surface area contributed by atoms with Crippen LogP contribution in [-0.2, 0) is 19.7 Å². The molecular weight excluding hydrogens is 260 g/mol. The molecule has 6 heteroatoms. The normalized spacial score (nSPS) is 12.9. The summed E-state index contributed by atoms with van der Waals surface area (Å²) in [4.78, 5) is 35.9. The van der Waals surface area contributed by atoms with Gasteiger partial charge in [0.2, 0.25) is 5.91 Å². The summed E-state index contributed by atoms with van der Waals surface area (Å²) in [6.45, 7) is 1.69. The number of rotatable bonds is 4. The van der Waals surface area contributed by atoms with Crippen LogP contribution in [0.4, 0.5) is 4.79 Å². The molecule has 0 saturated heterocycles. The molecule has 1 atom stereocenters. The van der Waals surface area contributed by atoms with Gasteiger partial charge in [0, 0.05) is 7.05 Å². The molecule has 0 spiro atoms. The van der Waals surface area contributed by atoms with E-state index < -0.39 is 23.3 Å². The maximum atomic E-state index is 12.4. The summed E-state index contributed by atoms with van der Waals surface area (Å²) >= 11 is 0. The first-order chi connectivity index (χ1) is 9.52. The standard InChI is InChI=1S/C14H18N2O4/c1-4-14(12(18)20-3,10-8-6-5-7-9-10)11(17)16-13(19)15-2/h5-9H,4H2,1-3H3,(H2,15,16,17,19)/t14-/m0/s1. The van der Waals surface area contributed by atoms with E-state index in [1.54, 1.807) is 37.3 Å². The van der Waals surface area contributed by atoms with E-state index >= 15 is 0 Å². The molecule has 0 heterocycles. The second kappa shape index (κ2) is 6.70. The molecule has 0 radical (unpaired) electrons. The number of imide groups is 1. The molecule has 108 valence electrons. The van der Waals surface area contributed by atoms with Crippen LogP contribution in [-0.4, -0.2) is 32.1 Å². The molecule has 0 unspecified atom stereocenters. The molecule has 1 rings (SSSR count). The summed E-state index contributed by atoms with van der Waals surface area (Å²) in [7, 11) is 2.60. The number of amides is 3. The van der Waals surface area contributed by atoms with Crippen molar-refractivity contribution in [3.63, 3.8) is 0 Å². The van der Waals surface area contributed by atoms with Crippen molar-refractivity contribution in [1.29, 1.82) is 0 Å². The number of hydrogen-bond donors (Lipinski definition) is 2. The number of ether oxygens (including phenoxy) is 1. The van der Waals surface area contributed by atoms with Crippen LogP contribution in [0.3, 0.4) is 0 Å². The number of hydrogen-bond acceptors (Lipinski definition) is 4. The topological polar surface area (TPSA) is 84.5 Å². The highest BCUT2D eigenvalue weighted by atomic mass is 16.5. The maximum absolute atomic E-state index is 12.4. The molecule has 0 aliphatic carbocycles. The first-order valence-corrected chi connectivity index (χ1v) is 6.20. The SMILES string of the molecule is CC[C@](C(=O)NC(=O)NC)(C(=O)OC)c1ccccc1. The first kappa shape index (κ1) is 15.7. The maximum Gasteiger partial charge on any atom is 0.325 e. The molecule has 0 saturated carbocycles. The highest BCUT2D eigenvalue weighted by molar-refractivity contribution is 6.13. The Bertz CT molecular complexity index is 501. The van der Waals surface area contributed by atoms with Crippen molar-refractivity contribution in [3.05, 3.63) is 35.9 Å². The van der Waals surface area contributed by atoms with Crippen molar-refractivity contribution in [3.8, 4) is 0 Å². The van der Waals surface area contributed by atoms with Gasteiger partial charge in [0.25, 0.3) is 0 Å². The Balaban J connectivity index is 3.30. The lowest BCUT2D eigenvalue weighted by Crippen LogP contribution is -2.53. The number of benzene rings is 1. The third-order valence-electron chi connectivity index (χ3n) is 3.17. The number of urea groups is 1. The molecule has 0 aliphatic rings. The molecule has 20 heavy (non-hydrogen) atoms. The zero-order chi connectivity index (χ0) is 15.2. The number of nitrogens with one attached hydrogen (secondary N) is 2. The fourth-order valence-electron chi connectivity index (χ4n) is 2.02. The smallest absolute Gasteiger partial charge is 0.325 e. The summed E-state index contributed by atoms with van der Waals surface area (Å²) in [5.74, 6) is -1.41. The number of esters is 1. The molecule has 0 fully saturated rings. The van der Waals surface area contributed by atoms with Gasteiger partial charge < -0.3 is 10.1 Å². The average Bonchev–Trinajstić information content (AvgIpc) is 2.49.